The highest BCUT2D eigenvalue weighted by molar-refractivity contribution is 5.89. The van der Waals surface area contributed by atoms with Gasteiger partial charge in [0.2, 0.25) is 0 Å². The fourth-order valence-corrected chi connectivity index (χ4v) is 9.74. The molecule has 0 radical (unpaired) electrons. The summed E-state index contributed by atoms with van der Waals surface area (Å²) in [4.78, 5) is 24.4. The maximum atomic E-state index is 12.7. The number of carbonyl (C=O) groups is 2. The highest BCUT2D eigenvalue weighted by atomic mass is 16.5. The molecule has 0 spiro atoms. The van der Waals surface area contributed by atoms with Crippen molar-refractivity contribution in [1.82, 2.24) is 0 Å². The zero-order chi connectivity index (χ0) is 25.5. The normalized spacial score (nSPS) is 40.3. The van der Waals surface area contributed by atoms with Gasteiger partial charge in [-0.25, -0.2) is 4.79 Å². The molecule has 0 bridgehead atoms. The van der Waals surface area contributed by atoms with Crippen LogP contribution in [0.3, 0.4) is 0 Å². The van der Waals surface area contributed by atoms with Gasteiger partial charge in [-0.05, 0) is 123 Å². The number of rotatable bonds is 6. The van der Waals surface area contributed by atoms with Crippen LogP contribution < -0.4 is 0 Å². The molecule has 5 rings (SSSR count). The van der Waals surface area contributed by atoms with Crippen LogP contribution in [0, 0.1) is 46.3 Å². The lowest BCUT2D eigenvalue weighted by atomic mass is 9.44. The highest BCUT2D eigenvalue weighted by Crippen LogP contribution is 2.68. The Morgan fingerprint density at radius 2 is 1.67 bits per heavy atom. The van der Waals surface area contributed by atoms with Gasteiger partial charge in [-0.3, -0.25) is 4.79 Å². The minimum Gasteiger partial charge on any atom is -0.469 e. The standard InChI is InChI=1S/C32H46O4/c1-21(10-15-29(33)35-4)26-13-14-27-25-12-11-23-20-24(36-30(34)22-8-6-5-7-9-22)16-18-31(23,2)28(25)17-19-32(26,27)3/h5-9,21,23-28H,10-20H2,1-4H3/t21-,23?,24-,25?,26?,27?,28?,31?,32?/m1/s1. The fourth-order valence-electron chi connectivity index (χ4n) is 9.74. The molecule has 198 valence electrons. The van der Waals surface area contributed by atoms with Crippen molar-refractivity contribution >= 4 is 11.9 Å². The van der Waals surface area contributed by atoms with Crippen LogP contribution >= 0.6 is 0 Å². The first kappa shape index (κ1) is 25.8. The molecule has 0 aromatic heterocycles. The summed E-state index contributed by atoms with van der Waals surface area (Å²) in [6, 6.07) is 9.45. The van der Waals surface area contributed by atoms with E-state index in [1.165, 1.54) is 52.1 Å². The molecule has 1 aromatic rings. The number of carbonyl (C=O) groups excluding carboxylic acids is 2. The van der Waals surface area contributed by atoms with Gasteiger partial charge in [0.1, 0.15) is 6.10 Å². The van der Waals surface area contributed by atoms with Gasteiger partial charge < -0.3 is 9.47 Å². The van der Waals surface area contributed by atoms with Crippen LogP contribution in [0.5, 0.6) is 0 Å². The van der Waals surface area contributed by atoms with E-state index in [2.05, 4.69) is 20.8 Å². The van der Waals surface area contributed by atoms with Gasteiger partial charge in [0, 0.05) is 6.42 Å². The Bertz CT molecular complexity index is 943. The van der Waals surface area contributed by atoms with Crippen LogP contribution in [0.2, 0.25) is 0 Å². The Kier molecular flexibility index (Phi) is 7.26. The van der Waals surface area contributed by atoms with Crippen LogP contribution in [0.25, 0.3) is 0 Å². The molecule has 4 fully saturated rings. The molecular weight excluding hydrogens is 448 g/mol. The summed E-state index contributed by atoms with van der Waals surface area (Å²) >= 11 is 0. The van der Waals surface area contributed by atoms with E-state index in [-0.39, 0.29) is 18.0 Å². The molecule has 0 amide bonds. The summed E-state index contributed by atoms with van der Waals surface area (Å²) in [5.41, 5.74) is 1.47. The van der Waals surface area contributed by atoms with E-state index >= 15 is 0 Å². The third kappa shape index (κ3) is 4.52. The Labute approximate surface area is 217 Å². The minimum absolute atomic E-state index is 0.0627. The molecular formula is C32H46O4. The summed E-state index contributed by atoms with van der Waals surface area (Å²) in [7, 11) is 1.50. The van der Waals surface area contributed by atoms with Crippen LogP contribution in [-0.2, 0) is 14.3 Å². The van der Waals surface area contributed by atoms with Crippen molar-refractivity contribution < 1.29 is 19.1 Å². The van der Waals surface area contributed by atoms with Crippen LogP contribution in [-0.4, -0.2) is 25.2 Å². The Hall–Kier alpha value is -1.84. The molecule has 4 saturated carbocycles. The van der Waals surface area contributed by atoms with Gasteiger partial charge in [-0.15, -0.1) is 0 Å². The minimum atomic E-state index is -0.162. The topological polar surface area (TPSA) is 52.6 Å². The van der Waals surface area contributed by atoms with Crippen molar-refractivity contribution in [3.63, 3.8) is 0 Å². The summed E-state index contributed by atoms with van der Waals surface area (Å²) < 4.78 is 10.9. The quantitative estimate of drug-likeness (QED) is 0.385. The highest BCUT2D eigenvalue weighted by Gasteiger charge is 2.60. The lowest BCUT2D eigenvalue weighted by molar-refractivity contribution is -0.141. The molecule has 4 heteroatoms. The Balaban J connectivity index is 1.23. The predicted molar refractivity (Wildman–Crippen MR) is 141 cm³/mol. The summed E-state index contributed by atoms with van der Waals surface area (Å²) in [5, 5.41) is 0. The first-order chi connectivity index (χ1) is 17.3. The average molecular weight is 495 g/mol. The summed E-state index contributed by atoms with van der Waals surface area (Å²) in [6.07, 6.45) is 12.8. The molecule has 4 nitrogen and oxygen atoms in total. The third-order valence-electron chi connectivity index (χ3n) is 11.7. The SMILES string of the molecule is COC(=O)CC[C@@H](C)C1CCC2C3CCC4C[C@H](OC(=O)c5ccccc5)CCC4(C)C3CCC21C. The van der Waals surface area contributed by atoms with Gasteiger partial charge in [-0.2, -0.15) is 0 Å². The average Bonchev–Trinajstić information content (AvgIpc) is 3.25. The van der Waals surface area contributed by atoms with Gasteiger partial charge in [0.05, 0.1) is 12.7 Å². The number of esters is 2. The molecule has 4 aliphatic rings. The smallest absolute Gasteiger partial charge is 0.338 e. The van der Waals surface area contributed by atoms with E-state index in [0.29, 0.717) is 34.7 Å². The third-order valence-corrected chi connectivity index (χ3v) is 11.7. The van der Waals surface area contributed by atoms with E-state index in [4.69, 9.17) is 9.47 Å². The fraction of sp³-hybridized carbons (Fsp3) is 0.750. The molecule has 0 aliphatic heterocycles. The van der Waals surface area contributed by atoms with Gasteiger partial charge in [-0.1, -0.05) is 39.0 Å². The zero-order valence-corrected chi connectivity index (χ0v) is 22.8. The number of ether oxygens (including phenoxy) is 2. The van der Waals surface area contributed by atoms with Crippen LogP contribution in [0.15, 0.2) is 30.3 Å². The van der Waals surface area contributed by atoms with Gasteiger partial charge in [0.25, 0.3) is 0 Å². The van der Waals surface area contributed by atoms with Crippen molar-refractivity contribution in [3.8, 4) is 0 Å². The number of methoxy groups -OCH3 is 1. The molecule has 7 unspecified atom stereocenters. The first-order valence-electron chi connectivity index (χ1n) is 14.6. The largest absolute Gasteiger partial charge is 0.469 e. The van der Waals surface area contributed by atoms with Crippen LogP contribution in [0.1, 0.15) is 102 Å². The monoisotopic (exact) mass is 494 g/mol. The van der Waals surface area contributed by atoms with Crippen LogP contribution in [0.4, 0.5) is 0 Å². The lowest BCUT2D eigenvalue weighted by Crippen LogP contribution is -2.54. The second-order valence-corrected chi connectivity index (χ2v) is 13.1. The van der Waals surface area contributed by atoms with E-state index < -0.39 is 0 Å². The van der Waals surface area contributed by atoms with Crippen molar-refractivity contribution in [2.24, 2.45) is 46.3 Å². The number of hydrogen-bond donors (Lipinski definition) is 0. The van der Waals surface area contributed by atoms with E-state index in [9.17, 15) is 9.59 Å². The zero-order valence-electron chi connectivity index (χ0n) is 22.8. The maximum absolute atomic E-state index is 12.7. The molecule has 4 aliphatic carbocycles. The summed E-state index contributed by atoms with van der Waals surface area (Å²) in [6.45, 7) is 7.55. The molecule has 1 aromatic carbocycles. The number of benzene rings is 1. The van der Waals surface area contributed by atoms with E-state index in [1.807, 2.05) is 30.3 Å². The van der Waals surface area contributed by atoms with Gasteiger partial charge >= 0.3 is 11.9 Å². The van der Waals surface area contributed by atoms with E-state index in [0.717, 1.165) is 42.9 Å². The molecule has 0 N–H and O–H groups in total. The Morgan fingerprint density at radius 3 is 2.42 bits per heavy atom. The van der Waals surface area contributed by atoms with Gasteiger partial charge in [0.15, 0.2) is 0 Å². The molecule has 0 saturated heterocycles. The maximum Gasteiger partial charge on any atom is 0.338 e. The lowest BCUT2D eigenvalue weighted by Gasteiger charge is -2.61. The molecule has 0 heterocycles. The first-order valence-corrected chi connectivity index (χ1v) is 14.6. The van der Waals surface area contributed by atoms with Crippen molar-refractivity contribution in [2.45, 2.75) is 97.5 Å². The molecule has 36 heavy (non-hydrogen) atoms. The second kappa shape index (κ2) is 10.1. The van der Waals surface area contributed by atoms with Crippen molar-refractivity contribution in [1.29, 1.82) is 0 Å². The van der Waals surface area contributed by atoms with Crippen molar-refractivity contribution in [3.05, 3.63) is 35.9 Å². The predicted octanol–water partition coefficient (Wildman–Crippen LogP) is 7.46. The Morgan fingerprint density at radius 1 is 0.944 bits per heavy atom. The molecule has 9 atom stereocenters. The second-order valence-electron chi connectivity index (χ2n) is 13.1. The van der Waals surface area contributed by atoms with Crippen molar-refractivity contribution in [2.75, 3.05) is 7.11 Å². The number of fused-ring (bicyclic) bond motifs is 5. The van der Waals surface area contributed by atoms with E-state index in [1.54, 1.807) is 0 Å². The summed E-state index contributed by atoms with van der Waals surface area (Å²) in [5.74, 6) is 4.22. The number of hydrogen-bond acceptors (Lipinski definition) is 4.